The van der Waals surface area contributed by atoms with Crippen molar-refractivity contribution in [3.8, 4) is 0 Å². The summed E-state index contributed by atoms with van der Waals surface area (Å²) in [6, 6.07) is 16.6. The van der Waals surface area contributed by atoms with Crippen molar-refractivity contribution >= 4 is 17.6 Å². The zero-order valence-corrected chi connectivity index (χ0v) is 14.6. The molecule has 132 valence electrons. The number of esters is 1. The Labute approximate surface area is 148 Å². The average Bonchev–Trinajstić information content (AvgIpc) is 2.66. The standard InChI is InChI=1S/C20H24N2O3/c1-14(19(21)16-6-4-3-5-7-16)20(24)22-17-11-8-15(9-12-17)10-13-18(23)25-2/h3-9,11-12,14,19H,10,13,21H2,1-2H3,(H,22,24). The first-order valence-corrected chi connectivity index (χ1v) is 8.28. The number of anilines is 1. The molecule has 0 aromatic heterocycles. The number of amides is 1. The largest absolute Gasteiger partial charge is 0.469 e. The first-order chi connectivity index (χ1) is 12.0. The van der Waals surface area contributed by atoms with Crippen LogP contribution in [0, 0.1) is 5.92 Å². The maximum atomic E-state index is 12.4. The van der Waals surface area contributed by atoms with Crippen molar-refractivity contribution in [1.29, 1.82) is 0 Å². The van der Waals surface area contributed by atoms with Gasteiger partial charge in [-0.3, -0.25) is 9.59 Å². The average molecular weight is 340 g/mol. The van der Waals surface area contributed by atoms with E-state index in [-0.39, 0.29) is 23.8 Å². The second-order valence-corrected chi connectivity index (χ2v) is 5.99. The van der Waals surface area contributed by atoms with Gasteiger partial charge < -0.3 is 15.8 Å². The van der Waals surface area contributed by atoms with Crippen LogP contribution in [0.25, 0.3) is 0 Å². The number of aryl methyl sites for hydroxylation is 1. The maximum absolute atomic E-state index is 12.4. The van der Waals surface area contributed by atoms with E-state index in [1.165, 1.54) is 7.11 Å². The topological polar surface area (TPSA) is 81.4 Å². The molecule has 2 aromatic carbocycles. The molecule has 0 fully saturated rings. The minimum absolute atomic E-state index is 0.126. The molecular weight excluding hydrogens is 316 g/mol. The van der Waals surface area contributed by atoms with E-state index in [4.69, 9.17) is 5.73 Å². The molecule has 0 radical (unpaired) electrons. The molecule has 0 aliphatic carbocycles. The van der Waals surface area contributed by atoms with E-state index in [0.29, 0.717) is 18.5 Å². The first kappa shape index (κ1) is 18.7. The molecular formula is C20H24N2O3. The molecule has 0 bridgehead atoms. The summed E-state index contributed by atoms with van der Waals surface area (Å²) in [5.41, 5.74) is 8.85. The quantitative estimate of drug-likeness (QED) is 0.759. The van der Waals surface area contributed by atoms with Gasteiger partial charge in [-0.2, -0.15) is 0 Å². The van der Waals surface area contributed by atoms with E-state index >= 15 is 0 Å². The highest BCUT2D eigenvalue weighted by molar-refractivity contribution is 5.92. The molecule has 2 aromatic rings. The van der Waals surface area contributed by atoms with Crippen molar-refractivity contribution in [2.45, 2.75) is 25.8 Å². The first-order valence-electron chi connectivity index (χ1n) is 8.28. The van der Waals surface area contributed by atoms with Gasteiger partial charge in [0.2, 0.25) is 5.91 Å². The molecule has 0 aliphatic heterocycles. The lowest BCUT2D eigenvalue weighted by Gasteiger charge is -2.20. The van der Waals surface area contributed by atoms with Crippen LogP contribution >= 0.6 is 0 Å². The van der Waals surface area contributed by atoms with Crippen LogP contribution in [0.2, 0.25) is 0 Å². The lowest BCUT2D eigenvalue weighted by atomic mass is 9.94. The maximum Gasteiger partial charge on any atom is 0.305 e. The van der Waals surface area contributed by atoms with Crippen LogP contribution in [0.15, 0.2) is 54.6 Å². The molecule has 0 saturated heterocycles. The molecule has 2 rings (SSSR count). The molecule has 0 aliphatic rings. The number of rotatable bonds is 7. The van der Waals surface area contributed by atoms with Gasteiger partial charge in [-0.05, 0) is 29.7 Å². The van der Waals surface area contributed by atoms with Gasteiger partial charge in [-0.1, -0.05) is 49.4 Å². The summed E-state index contributed by atoms with van der Waals surface area (Å²) in [6.07, 6.45) is 0.946. The zero-order valence-electron chi connectivity index (χ0n) is 14.6. The van der Waals surface area contributed by atoms with Crippen molar-refractivity contribution in [1.82, 2.24) is 0 Å². The van der Waals surface area contributed by atoms with Gasteiger partial charge in [0.05, 0.1) is 13.0 Å². The predicted octanol–water partition coefficient (Wildman–Crippen LogP) is 3.07. The van der Waals surface area contributed by atoms with Gasteiger partial charge >= 0.3 is 5.97 Å². The molecule has 0 saturated carbocycles. The fraction of sp³-hybridized carbons (Fsp3) is 0.300. The van der Waals surface area contributed by atoms with Gasteiger partial charge in [-0.15, -0.1) is 0 Å². The molecule has 2 unspecified atom stereocenters. The number of carbonyl (C=O) groups excluding carboxylic acids is 2. The number of ether oxygens (including phenoxy) is 1. The van der Waals surface area contributed by atoms with Crippen molar-refractivity contribution in [3.63, 3.8) is 0 Å². The third-order valence-electron chi connectivity index (χ3n) is 4.20. The number of nitrogens with one attached hydrogen (secondary N) is 1. The molecule has 3 N–H and O–H groups in total. The minimum atomic E-state index is -0.361. The lowest BCUT2D eigenvalue weighted by molar-refractivity contribution is -0.140. The molecule has 1 amide bonds. The van der Waals surface area contributed by atoms with E-state index in [1.54, 1.807) is 0 Å². The SMILES string of the molecule is COC(=O)CCc1ccc(NC(=O)C(C)C(N)c2ccccc2)cc1. The monoisotopic (exact) mass is 340 g/mol. The third-order valence-corrected chi connectivity index (χ3v) is 4.20. The van der Waals surface area contributed by atoms with E-state index in [0.717, 1.165) is 11.1 Å². The second kappa shape index (κ2) is 8.99. The van der Waals surface area contributed by atoms with Gasteiger partial charge in [0.25, 0.3) is 0 Å². The van der Waals surface area contributed by atoms with Crippen molar-refractivity contribution in [2.75, 3.05) is 12.4 Å². The zero-order chi connectivity index (χ0) is 18.2. The molecule has 2 atom stereocenters. The fourth-order valence-electron chi connectivity index (χ4n) is 2.49. The van der Waals surface area contributed by atoms with Crippen LogP contribution in [0.5, 0.6) is 0 Å². The van der Waals surface area contributed by atoms with Crippen molar-refractivity contribution < 1.29 is 14.3 Å². The molecule has 5 heteroatoms. The van der Waals surface area contributed by atoms with Crippen LogP contribution in [0.4, 0.5) is 5.69 Å². The predicted molar refractivity (Wildman–Crippen MR) is 97.9 cm³/mol. The Morgan fingerprint density at radius 2 is 1.72 bits per heavy atom. The third kappa shape index (κ3) is 5.43. The van der Waals surface area contributed by atoms with Crippen molar-refractivity contribution in [2.24, 2.45) is 11.7 Å². The Morgan fingerprint density at radius 3 is 2.32 bits per heavy atom. The Hall–Kier alpha value is -2.66. The number of hydrogen-bond acceptors (Lipinski definition) is 4. The lowest BCUT2D eigenvalue weighted by Crippen LogP contribution is -2.30. The highest BCUT2D eigenvalue weighted by atomic mass is 16.5. The Balaban J connectivity index is 1.92. The Bertz CT molecular complexity index is 699. The van der Waals surface area contributed by atoms with Gasteiger partial charge in [0.1, 0.15) is 0 Å². The highest BCUT2D eigenvalue weighted by Crippen LogP contribution is 2.21. The summed E-state index contributed by atoms with van der Waals surface area (Å²) >= 11 is 0. The summed E-state index contributed by atoms with van der Waals surface area (Å²) in [4.78, 5) is 23.6. The van der Waals surface area contributed by atoms with Gasteiger partial charge in [0, 0.05) is 18.2 Å². The number of hydrogen-bond donors (Lipinski definition) is 2. The smallest absolute Gasteiger partial charge is 0.305 e. The summed E-state index contributed by atoms with van der Waals surface area (Å²) in [6.45, 7) is 1.82. The van der Waals surface area contributed by atoms with Gasteiger partial charge in [0.15, 0.2) is 0 Å². The van der Waals surface area contributed by atoms with Crippen LogP contribution in [-0.2, 0) is 20.7 Å². The van der Waals surface area contributed by atoms with Crippen LogP contribution in [0.3, 0.4) is 0 Å². The fourth-order valence-corrected chi connectivity index (χ4v) is 2.49. The normalized spacial score (nSPS) is 12.9. The summed E-state index contributed by atoms with van der Waals surface area (Å²) < 4.78 is 4.63. The second-order valence-electron chi connectivity index (χ2n) is 5.99. The van der Waals surface area contributed by atoms with Gasteiger partial charge in [-0.25, -0.2) is 0 Å². The number of benzene rings is 2. The Morgan fingerprint density at radius 1 is 1.08 bits per heavy atom. The van der Waals surface area contributed by atoms with E-state index in [2.05, 4.69) is 10.1 Å². The van der Waals surface area contributed by atoms with E-state index in [9.17, 15) is 9.59 Å². The van der Waals surface area contributed by atoms with E-state index < -0.39 is 0 Å². The molecule has 0 spiro atoms. The molecule has 0 heterocycles. The summed E-state index contributed by atoms with van der Waals surface area (Å²) in [7, 11) is 1.38. The molecule has 5 nitrogen and oxygen atoms in total. The molecule has 25 heavy (non-hydrogen) atoms. The van der Waals surface area contributed by atoms with Crippen molar-refractivity contribution in [3.05, 3.63) is 65.7 Å². The van der Waals surface area contributed by atoms with Crippen LogP contribution in [0.1, 0.15) is 30.5 Å². The number of carbonyl (C=O) groups is 2. The number of methoxy groups -OCH3 is 1. The number of nitrogens with two attached hydrogens (primary N) is 1. The highest BCUT2D eigenvalue weighted by Gasteiger charge is 2.22. The Kier molecular flexibility index (Phi) is 6.71. The minimum Gasteiger partial charge on any atom is -0.469 e. The van der Waals surface area contributed by atoms with Crippen LogP contribution in [-0.4, -0.2) is 19.0 Å². The van der Waals surface area contributed by atoms with Crippen LogP contribution < -0.4 is 11.1 Å². The summed E-state index contributed by atoms with van der Waals surface area (Å²) in [5, 5.41) is 2.89. The summed E-state index contributed by atoms with van der Waals surface area (Å²) in [5.74, 6) is -0.721. The van der Waals surface area contributed by atoms with E-state index in [1.807, 2.05) is 61.5 Å².